The van der Waals surface area contributed by atoms with E-state index in [1.807, 2.05) is 0 Å². The van der Waals surface area contributed by atoms with E-state index < -0.39 is 6.10 Å². The average molecular weight is 751 g/mol. The highest BCUT2D eigenvalue weighted by Gasteiger charge is 2.19. The van der Waals surface area contributed by atoms with E-state index in [0.29, 0.717) is 19.3 Å². The Bertz CT molecular complexity index is 796. The van der Waals surface area contributed by atoms with Gasteiger partial charge in [-0.25, -0.2) is 0 Å². The summed E-state index contributed by atoms with van der Waals surface area (Å²) < 4.78 is 16.6. The van der Waals surface area contributed by atoms with Crippen LogP contribution in [0.15, 0.2) is 0 Å². The van der Waals surface area contributed by atoms with Crippen LogP contribution in [-0.4, -0.2) is 37.2 Å². The SMILES string of the molecule is CCCCCCCCCCCCCCC(=O)OC[C@@H](COC(=O)CCCCCCCCCCCCCCCCCC(C)C)OC(=O)CCCCCCC. The van der Waals surface area contributed by atoms with Crippen LogP contribution in [0.25, 0.3) is 0 Å². The van der Waals surface area contributed by atoms with Gasteiger partial charge < -0.3 is 14.2 Å². The summed E-state index contributed by atoms with van der Waals surface area (Å²) in [4.78, 5) is 37.5. The van der Waals surface area contributed by atoms with Crippen molar-refractivity contribution >= 4 is 17.9 Å². The minimum Gasteiger partial charge on any atom is -0.462 e. The summed E-state index contributed by atoms with van der Waals surface area (Å²) in [7, 11) is 0. The second kappa shape index (κ2) is 41.6. The largest absolute Gasteiger partial charge is 0.462 e. The second-order valence-corrected chi connectivity index (χ2v) is 16.5. The Balaban J connectivity index is 4.08. The van der Waals surface area contributed by atoms with E-state index in [0.717, 1.165) is 70.1 Å². The first-order valence-corrected chi connectivity index (χ1v) is 23.4. The van der Waals surface area contributed by atoms with Gasteiger partial charge in [-0.05, 0) is 25.2 Å². The van der Waals surface area contributed by atoms with Crippen LogP contribution < -0.4 is 0 Å². The molecule has 0 saturated carbocycles. The number of hydrogen-bond acceptors (Lipinski definition) is 6. The van der Waals surface area contributed by atoms with E-state index >= 15 is 0 Å². The zero-order valence-electron chi connectivity index (χ0n) is 36.0. The van der Waals surface area contributed by atoms with Gasteiger partial charge in [-0.15, -0.1) is 0 Å². The van der Waals surface area contributed by atoms with Crippen molar-refractivity contribution in [3.63, 3.8) is 0 Å². The van der Waals surface area contributed by atoms with Crippen LogP contribution in [0, 0.1) is 5.92 Å². The van der Waals surface area contributed by atoms with Crippen molar-refractivity contribution in [3.05, 3.63) is 0 Å². The number of hydrogen-bond donors (Lipinski definition) is 0. The van der Waals surface area contributed by atoms with Crippen molar-refractivity contribution < 1.29 is 28.6 Å². The van der Waals surface area contributed by atoms with Crippen LogP contribution >= 0.6 is 0 Å². The van der Waals surface area contributed by atoms with Gasteiger partial charge in [0.05, 0.1) is 0 Å². The molecule has 0 amide bonds. The first kappa shape index (κ1) is 51.4. The Morgan fingerprint density at radius 1 is 0.358 bits per heavy atom. The number of carbonyl (C=O) groups is 3. The quantitative estimate of drug-likeness (QED) is 0.0351. The van der Waals surface area contributed by atoms with E-state index in [-0.39, 0.29) is 31.1 Å². The zero-order chi connectivity index (χ0) is 38.9. The molecule has 0 aromatic heterocycles. The normalized spacial score (nSPS) is 11.9. The van der Waals surface area contributed by atoms with E-state index in [4.69, 9.17) is 14.2 Å². The molecular formula is C47H90O6. The summed E-state index contributed by atoms with van der Waals surface area (Å²) in [6, 6.07) is 0. The maximum absolute atomic E-state index is 12.5. The Labute approximate surface area is 329 Å². The predicted molar refractivity (Wildman–Crippen MR) is 224 cm³/mol. The summed E-state index contributed by atoms with van der Waals surface area (Å²) in [6.07, 6.45) is 41.2. The molecule has 53 heavy (non-hydrogen) atoms. The molecule has 0 aliphatic carbocycles. The van der Waals surface area contributed by atoms with Gasteiger partial charge >= 0.3 is 17.9 Å². The zero-order valence-corrected chi connectivity index (χ0v) is 36.0. The van der Waals surface area contributed by atoms with Gasteiger partial charge in [0.25, 0.3) is 0 Å². The minimum atomic E-state index is -0.757. The van der Waals surface area contributed by atoms with Crippen LogP contribution in [0.4, 0.5) is 0 Å². The lowest BCUT2D eigenvalue weighted by atomic mass is 10.0. The van der Waals surface area contributed by atoms with Crippen molar-refractivity contribution in [2.24, 2.45) is 5.92 Å². The monoisotopic (exact) mass is 751 g/mol. The standard InChI is InChI=1S/C47H90O6/c1-5-7-9-11-12-13-14-21-24-27-31-34-38-45(48)51-41-44(53-47(50)40-36-29-10-8-6-2)42-52-46(49)39-35-32-28-25-22-19-17-15-16-18-20-23-26-30-33-37-43(3)4/h43-44H,5-42H2,1-4H3/t44-/m0/s1. The van der Waals surface area contributed by atoms with Crippen molar-refractivity contribution in [1.82, 2.24) is 0 Å². The maximum Gasteiger partial charge on any atom is 0.306 e. The van der Waals surface area contributed by atoms with Crippen LogP contribution in [0.3, 0.4) is 0 Å². The second-order valence-electron chi connectivity index (χ2n) is 16.5. The molecule has 0 aromatic carbocycles. The molecule has 0 aromatic rings. The van der Waals surface area contributed by atoms with Gasteiger partial charge in [-0.2, -0.15) is 0 Å². The van der Waals surface area contributed by atoms with E-state index in [9.17, 15) is 14.4 Å². The first-order chi connectivity index (χ1) is 25.9. The first-order valence-electron chi connectivity index (χ1n) is 23.4. The lowest BCUT2D eigenvalue weighted by molar-refractivity contribution is -0.167. The number of ether oxygens (including phenoxy) is 3. The van der Waals surface area contributed by atoms with Gasteiger partial charge in [0.1, 0.15) is 13.2 Å². The highest BCUT2D eigenvalue weighted by Crippen LogP contribution is 2.16. The molecule has 0 aliphatic heterocycles. The topological polar surface area (TPSA) is 78.9 Å². The molecule has 0 heterocycles. The molecule has 1 atom stereocenters. The third-order valence-corrected chi connectivity index (χ3v) is 10.5. The van der Waals surface area contributed by atoms with Gasteiger partial charge in [0, 0.05) is 19.3 Å². The Hall–Kier alpha value is -1.59. The molecule has 0 rings (SSSR count). The fourth-order valence-corrected chi connectivity index (χ4v) is 6.98. The van der Waals surface area contributed by atoms with Crippen LogP contribution in [0.2, 0.25) is 0 Å². The third-order valence-electron chi connectivity index (χ3n) is 10.5. The Morgan fingerprint density at radius 2 is 0.623 bits per heavy atom. The molecule has 0 unspecified atom stereocenters. The van der Waals surface area contributed by atoms with Crippen molar-refractivity contribution in [2.75, 3.05) is 13.2 Å². The highest BCUT2D eigenvalue weighted by atomic mass is 16.6. The molecule has 0 fully saturated rings. The Kier molecular flexibility index (Phi) is 40.3. The van der Waals surface area contributed by atoms with Gasteiger partial charge in [-0.3, -0.25) is 14.4 Å². The number of esters is 3. The summed E-state index contributed by atoms with van der Waals surface area (Å²) >= 11 is 0. The van der Waals surface area contributed by atoms with Crippen LogP contribution in [0.5, 0.6) is 0 Å². The lowest BCUT2D eigenvalue weighted by Gasteiger charge is -2.18. The molecule has 0 aliphatic rings. The summed E-state index contributed by atoms with van der Waals surface area (Å²) in [6.45, 7) is 8.93. The highest BCUT2D eigenvalue weighted by molar-refractivity contribution is 5.71. The molecule has 0 spiro atoms. The Morgan fingerprint density at radius 3 is 0.925 bits per heavy atom. The molecular weight excluding hydrogens is 661 g/mol. The fraction of sp³-hybridized carbons (Fsp3) is 0.936. The molecule has 6 heteroatoms. The summed E-state index contributed by atoms with van der Waals surface area (Å²) in [5.74, 6) is -0.0177. The maximum atomic E-state index is 12.5. The number of rotatable bonds is 42. The van der Waals surface area contributed by atoms with Crippen molar-refractivity contribution in [3.8, 4) is 0 Å². The molecule has 0 bridgehead atoms. The van der Waals surface area contributed by atoms with E-state index in [2.05, 4.69) is 27.7 Å². The fourth-order valence-electron chi connectivity index (χ4n) is 6.98. The molecule has 0 saturated heterocycles. The third kappa shape index (κ3) is 41.4. The summed E-state index contributed by atoms with van der Waals surface area (Å²) in [5.41, 5.74) is 0. The molecule has 0 N–H and O–H groups in total. The average Bonchev–Trinajstić information content (AvgIpc) is 3.14. The lowest BCUT2D eigenvalue weighted by Crippen LogP contribution is -2.30. The molecule has 0 radical (unpaired) electrons. The smallest absolute Gasteiger partial charge is 0.306 e. The minimum absolute atomic E-state index is 0.0649. The van der Waals surface area contributed by atoms with Crippen LogP contribution in [-0.2, 0) is 28.6 Å². The van der Waals surface area contributed by atoms with Gasteiger partial charge in [-0.1, -0.05) is 220 Å². The number of carbonyl (C=O) groups excluding carboxylic acids is 3. The van der Waals surface area contributed by atoms with Gasteiger partial charge in [0.2, 0.25) is 0 Å². The molecule has 6 nitrogen and oxygen atoms in total. The van der Waals surface area contributed by atoms with Crippen LogP contribution in [0.1, 0.15) is 259 Å². The van der Waals surface area contributed by atoms with Gasteiger partial charge in [0.15, 0.2) is 6.10 Å². The van der Waals surface area contributed by atoms with Crippen molar-refractivity contribution in [1.29, 1.82) is 0 Å². The van der Waals surface area contributed by atoms with E-state index in [1.54, 1.807) is 0 Å². The van der Waals surface area contributed by atoms with E-state index in [1.165, 1.54) is 148 Å². The number of unbranched alkanes of at least 4 members (excludes halogenated alkanes) is 29. The molecule has 314 valence electrons. The van der Waals surface area contributed by atoms with Crippen molar-refractivity contribution in [2.45, 2.75) is 265 Å². The predicted octanol–water partition coefficient (Wildman–Crippen LogP) is 14.7. The summed E-state index contributed by atoms with van der Waals surface area (Å²) in [5, 5.41) is 0.